The zero-order chi connectivity index (χ0) is 13.8. The van der Waals surface area contributed by atoms with Gasteiger partial charge in [0.2, 0.25) is 0 Å². The van der Waals surface area contributed by atoms with Gasteiger partial charge in [-0.25, -0.2) is 0 Å². The second kappa shape index (κ2) is 6.87. The largest absolute Gasteiger partial charge is 0.329 e. The van der Waals surface area contributed by atoms with Gasteiger partial charge >= 0.3 is 0 Å². The van der Waals surface area contributed by atoms with Crippen LogP contribution in [0.3, 0.4) is 0 Å². The van der Waals surface area contributed by atoms with Gasteiger partial charge in [-0.3, -0.25) is 4.90 Å². The summed E-state index contributed by atoms with van der Waals surface area (Å²) in [6.07, 6.45) is 3.75. The molecule has 2 nitrogen and oxygen atoms in total. The first-order chi connectivity index (χ1) is 9.17. The number of nitrogens with zero attached hydrogens (tertiary/aromatic N) is 1. The lowest BCUT2D eigenvalue weighted by molar-refractivity contribution is 0.0595. The van der Waals surface area contributed by atoms with Gasteiger partial charge in [0.1, 0.15) is 0 Å². The molecule has 1 fully saturated rings. The van der Waals surface area contributed by atoms with Crippen LogP contribution in [0.5, 0.6) is 0 Å². The number of hydrogen-bond acceptors (Lipinski definition) is 2. The minimum atomic E-state index is 0.494. The van der Waals surface area contributed by atoms with E-state index in [1.54, 1.807) is 0 Å². The monoisotopic (exact) mass is 324 g/mol. The Balaban J connectivity index is 2.25. The van der Waals surface area contributed by atoms with E-state index in [2.05, 4.69) is 58.9 Å². The van der Waals surface area contributed by atoms with Crippen LogP contribution in [0.1, 0.15) is 44.7 Å². The maximum atomic E-state index is 6.03. The molecule has 1 aromatic rings. The Morgan fingerprint density at radius 2 is 2.26 bits per heavy atom. The van der Waals surface area contributed by atoms with E-state index in [9.17, 15) is 0 Å². The first-order valence-electron chi connectivity index (χ1n) is 7.38. The Hall–Kier alpha value is -0.380. The molecule has 1 saturated heterocycles. The summed E-state index contributed by atoms with van der Waals surface area (Å²) in [6, 6.07) is 9.74. The molecule has 1 aliphatic rings. The highest BCUT2D eigenvalue weighted by atomic mass is 79.9. The lowest BCUT2D eigenvalue weighted by atomic mass is 9.87. The van der Waals surface area contributed by atoms with Crippen molar-refractivity contribution in [3.63, 3.8) is 0 Å². The van der Waals surface area contributed by atoms with Crippen molar-refractivity contribution in [2.24, 2.45) is 11.7 Å². The summed E-state index contributed by atoms with van der Waals surface area (Å²) >= 11 is 3.58. The molecular formula is C16H25BrN2. The first kappa shape index (κ1) is 15.0. The van der Waals surface area contributed by atoms with Crippen molar-refractivity contribution < 1.29 is 0 Å². The summed E-state index contributed by atoms with van der Waals surface area (Å²) < 4.78 is 1.16. The molecule has 0 aromatic heterocycles. The highest BCUT2D eigenvalue weighted by Crippen LogP contribution is 2.33. The number of benzene rings is 1. The van der Waals surface area contributed by atoms with Gasteiger partial charge in [0.05, 0.1) is 0 Å². The minimum absolute atomic E-state index is 0.494. The maximum absolute atomic E-state index is 6.03. The van der Waals surface area contributed by atoms with Crippen LogP contribution in [-0.4, -0.2) is 24.0 Å². The SMILES string of the molecule is CCC(c1cccc(Br)c1)N1CCCC(C)C1CN. The third kappa shape index (κ3) is 3.39. The average molecular weight is 325 g/mol. The molecule has 0 radical (unpaired) electrons. The zero-order valence-electron chi connectivity index (χ0n) is 12.0. The van der Waals surface area contributed by atoms with Crippen LogP contribution in [0.15, 0.2) is 28.7 Å². The fourth-order valence-corrected chi connectivity index (χ4v) is 3.83. The van der Waals surface area contributed by atoms with Crippen molar-refractivity contribution >= 4 is 15.9 Å². The summed E-state index contributed by atoms with van der Waals surface area (Å²) in [5.41, 5.74) is 7.44. The maximum Gasteiger partial charge on any atom is 0.0349 e. The van der Waals surface area contributed by atoms with Gasteiger partial charge in [-0.1, -0.05) is 41.9 Å². The number of piperidine rings is 1. The van der Waals surface area contributed by atoms with E-state index in [-0.39, 0.29) is 0 Å². The third-order valence-corrected chi connectivity index (χ3v) is 4.91. The van der Waals surface area contributed by atoms with Gasteiger partial charge in [-0.15, -0.1) is 0 Å². The van der Waals surface area contributed by atoms with E-state index in [1.807, 2.05) is 0 Å². The van der Waals surface area contributed by atoms with E-state index in [4.69, 9.17) is 5.73 Å². The van der Waals surface area contributed by atoms with Crippen LogP contribution in [0.2, 0.25) is 0 Å². The molecule has 3 atom stereocenters. The van der Waals surface area contributed by atoms with E-state index in [1.165, 1.54) is 24.9 Å². The molecule has 106 valence electrons. The van der Waals surface area contributed by atoms with Gasteiger partial charge in [0, 0.05) is 23.1 Å². The number of hydrogen-bond donors (Lipinski definition) is 1. The topological polar surface area (TPSA) is 29.3 Å². The van der Waals surface area contributed by atoms with Crippen LogP contribution < -0.4 is 5.73 Å². The molecule has 1 aromatic carbocycles. The molecule has 0 aliphatic carbocycles. The van der Waals surface area contributed by atoms with Crippen LogP contribution in [0.4, 0.5) is 0 Å². The molecular weight excluding hydrogens is 300 g/mol. The zero-order valence-corrected chi connectivity index (χ0v) is 13.6. The fourth-order valence-electron chi connectivity index (χ4n) is 3.41. The third-order valence-electron chi connectivity index (χ3n) is 4.42. The molecule has 0 saturated carbocycles. The van der Waals surface area contributed by atoms with Crippen molar-refractivity contribution in [3.8, 4) is 0 Å². The molecule has 2 rings (SSSR count). The molecule has 0 spiro atoms. The van der Waals surface area contributed by atoms with Gasteiger partial charge < -0.3 is 5.73 Å². The first-order valence-corrected chi connectivity index (χ1v) is 8.18. The smallest absolute Gasteiger partial charge is 0.0349 e. The second-order valence-electron chi connectivity index (χ2n) is 5.64. The summed E-state index contributed by atoms with van der Waals surface area (Å²) in [4.78, 5) is 2.63. The molecule has 0 amide bonds. The number of halogens is 1. The average Bonchev–Trinajstić information content (AvgIpc) is 2.40. The standard InChI is InChI=1S/C16H25BrN2/c1-3-15(13-7-4-8-14(17)10-13)19-9-5-6-12(2)16(19)11-18/h4,7-8,10,12,15-16H,3,5-6,9,11,18H2,1-2H3. The van der Waals surface area contributed by atoms with Crippen LogP contribution in [0.25, 0.3) is 0 Å². The van der Waals surface area contributed by atoms with Crippen molar-refractivity contribution in [2.75, 3.05) is 13.1 Å². The van der Waals surface area contributed by atoms with E-state index in [0.29, 0.717) is 18.0 Å². The van der Waals surface area contributed by atoms with Gasteiger partial charge in [-0.2, -0.15) is 0 Å². The van der Waals surface area contributed by atoms with Crippen molar-refractivity contribution in [1.29, 1.82) is 0 Å². The summed E-state index contributed by atoms with van der Waals surface area (Å²) in [7, 11) is 0. The molecule has 3 heteroatoms. The molecule has 19 heavy (non-hydrogen) atoms. The highest BCUT2D eigenvalue weighted by Gasteiger charge is 2.32. The summed E-state index contributed by atoms with van der Waals surface area (Å²) in [5.74, 6) is 0.708. The van der Waals surface area contributed by atoms with Crippen LogP contribution in [-0.2, 0) is 0 Å². The lowest BCUT2D eigenvalue weighted by Gasteiger charge is -2.44. The second-order valence-corrected chi connectivity index (χ2v) is 6.56. The number of rotatable bonds is 4. The number of likely N-dealkylation sites (tertiary alicyclic amines) is 1. The quantitative estimate of drug-likeness (QED) is 0.908. The van der Waals surface area contributed by atoms with E-state index < -0.39 is 0 Å². The van der Waals surface area contributed by atoms with Crippen molar-refractivity contribution in [2.45, 2.75) is 45.2 Å². The minimum Gasteiger partial charge on any atom is -0.329 e. The Kier molecular flexibility index (Phi) is 5.43. The van der Waals surface area contributed by atoms with Crippen molar-refractivity contribution in [1.82, 2.24) is 4.90 Å². The molecule has 1 heterocycles. The van der Waals surface area contributed by atoms with Gasteiger partial charge in [0.15, 0.2) is 0 Å². The molecule has 0 bridgehead atoms. The summed E-state index contributed by atoms with van der Waals surface area (Å²) in [6.45, 7) is 6.57. The van der Waals surface area contributed by atoms with Gasteiger partial charge in [-0.05, 0) is 49.4 Å². The predicted molar refractivity (Wildman–Crippen MR) is 85.1 cm³/mol. The Bertz CT molecular complexity index is 407. The Labute approximate surface area is 125 Å². The fraction of sp³-hybridized carbons (Fsp3) is 0.625. The highest BCUT2D eigenvalue weighted by molar-refractivity contribution is 9.10. The summed E-state index contributed by atoms with van der Waals surface area (Å²) in [5, 5.41) is 0. The van der Waals surface area contributed by atoms with Crippen molar-refractivity contribution in [3.05, 3.63) is 34.3 Å². The lowest BCUT2D eigenvalue weighted by Crippen LogP contribution is -2.49. The molecule has 2 N–H and O–H groups in total. The normalized spacial score (nSPS) is 26.3. The van der Waals surface area contributed by atoms with E-state index in [0.717, 1.165) is 17.4 Å². The van der Waals surface area contributed by atoms with Crippen LogP contribution in [0, 0.1) is 5.92 Å². The Morgan fingerprint density at radius 1 is 1.47 bits per heavy atom. The molecule has 3 unspecified atom stereocenters. The molecule has 1 aliphatic heterocycles. The van der Waals surface area contributed by atoms with Gasteiger partial charge in [0.25, 0.3) is 0 Å². The van der Waals surface area contributed by atoms with E-state index >= 15 is 0 Å². The van der Waals surface area contributed by atoms with Crippen LogP contribution >= 0.6 is 15.9 Å². The predicted octanol–water partition coefficient (Wildman–Crippen LogP) is 3.96. The number of nitrogens with two attached hydrogens (primary N) is 1. The Morgan fingerprint density at radius 3 is 2.89 bits per heavy atom.